The molecule has 142 valence electrons. The summed E-state index contributed by atoms with van der Waals surface area (Å²) in [6.07, 6.45) is 0. The van der Waals surface area contributed by atoms with Crippen molar-refractivity contribution in [2.75, 3.05) is 5.73 Å². The van der Waals surface area contributed by atoms with Gasteiger partial charge in [-0.3, -0.25) is 4.79 Å². The molecule has 0 bridgehead atoms. The molecule has 3 rings (SSSR count). The summed E-state index contributed by atoms with van der Waals surface area (Å²) in [5.74, 6) is -3.87. The summed E-state index contributed by atoms with van der Waals surface area (Å²) >= 11 is 0. The number of nitrogens with one attached hydrogen (secondary N) is 1. The molecule has 5 N–H and O–H groups in total. The highest BCUT2D eigenvalue weighted by atomic mass is 19.1. The second-order valence-corrected chi connectivity index (χ2v) is 6.14. The number of aromatic nitrogens is 1. The van der Waals surface area contributed by atoms with Crippen molar-refractivity contribution >= 4 is 17.8 Å². The Morgan fingerprint density at radius 2 is 1.46 bits per heavy atom. The van der Waals surface area contributed by atoms with Crippen LogP contribution in [-0.2, 0) is 0 Å². The van der Waals surface area contributed by atoms with E-state index in [-0.39, 0.29) is 16.9 Å². The van der Waals surface area contributed by atoms with Crippen LogP contribution in [0.1, 0.15) is 26.3 Å². The number of aromatic amines is 1. The number of carboxylic acid groups (broad SMARTS) is 2. The van der Waals surface area contributed by atoms with E-state index in [4.69, 9.17) is 5.73 Å². The van der Waals surface area contributed by atoms with Gasteiger partial charge in [-0.1, -0.05) is 36.4 Å². The van der Waals surface area contributed by atoms with Crippen LogP contribution in [0.3, 0.4) is 0 Å². The van der Waals surface area contributed by atoms with Crippen LogP contribution < -0.4 is 11.3 Å². The van der Waals surface area contributed by atoms with Crippen molar-refractivity contribution in [3.05, 3.63) is 75.3 Å². The Hall–Kier alpha value is -3.94. The number of hydrogen-bond acceptors (Lipinski definition) is 4. The number of aromatic carboxylic acids is 2. The molecule has 3 aromatic rings. The highest BCUT2D eigenvalue weighted by molar-refractivity contribution is 6.07. The lowest BCUT2D eigenvalue weighted by Crippen LogP contribution is -2.24. The van der Waals surface area contributed by atoms with Gasteiger partial charge >= 0.3 is 11.9 Å². The smallest absolute Gasteiger partial charge is 0.342 e. The third kappa shape index (κ3) is 3.23. The first-order valence-electron chi connectivity index (χ1n) is 8.10. The van der Waals surface area contributed by atoms with E-state index in [2.05, 4.69) is 0 Å². The SMILES string of the molecule is Cc1ccc(-c2ccc(-c3c(C(=O)O)c(N)[nH]c(=O)c3C(=O)O)cc2)cc1F. The van der Waals surface area contributed by atoms with E-state index in [1.165, 1.54) is 18.2 Å². The first-order valence-corrected chi connectivity index (χ1v) is 8.10. The average molecular weight is 382 g/mol. The fourth-order valence-electron chi connectivity index (χ4n) is 2.94. The summed E-state index contributed by atoms with van der Waals surface area (Å²) < 4.78 is 13.8. The number of pyridine rings is 1. The third-order valence-electron chi connectivity index (χ3n) is 4.35. The lowest BCUT2D eigenvalue weighted by Gasteiger charge is -2.13. The standard InChI is InChI=1S/C20H15FN2O5/c1-9-2-3-12(8-13(9)21)10-4-6-11(7-5-10)14-15(19(25)26)17(22)23-18(24)16(14)20(27)28/h2-8H,1H3,(H,25,26)(H,27,28)(H3,22,23,24). The molecular formula is C20H15FN2O5. The fourth-order valence-corrected chi connectivity index (χ4v) is 2.94. The molecule has 0 spiro atoms. The second-order valence-electron chi connectivity index (χ2n) is 6.14. The minimum absolute atomic E-state index is 0.184. The second kappa shape index (κ2) is 6.99. The Morgan fingerprint density at radius 1 is 0.929 bits per heavy atom. The van der Waals surface area contributed by atoms with E-state index in [1.807, 2.05) is 4.98 Å². The van der Waals surface area contributed by atoms with E-state index in [9.17, 15) is 29.0 Å². The molecule has 0 radical (unpaired) electrons. The molecule has 0 aliphatic heterocycles. The monoisotopic (exact) mass is 382 g/mol. The Bertz CT molecular complexity index is 1170. The lowest BCUT2D eigenvalue weighted by molar-refractivity contribution is 0.0695. The fraction of sp³-hybridized carbons (Fsp3) is 0.0500. The summed E-state index contributed by atoms with van der Waals surface area (Å²) in [6, 6.07) is 10.8. The van der Waals surface area contributed by atoms with Crippen LogP contribution in [-0.4, -0.2) is 27.1 Å². The molecule has 0 saturated heterocycles. The zero-order valence-corrected chi connectivity index (χ0v) is 14.6. The first-order chi connectivity index (χ1) is 13.2. The van der Waals surface area contributed by atoms with Crippen LogP contribution in [0.5, 0.6) is 0 Å². The summed E-state index contributed by atoms with van der Waals surface area (Å²) in [5.41, 5.74) is 5.00. The molecule has 1 aromatic heterocycles. The van der Waals surface area contributed by atoms with Gasteiger partial charge in [0.25, 0.3) is 5.56 Å². The quantitative estimate of drug-likeness (QED) is 0.548. The van der Waals surface area contributed by atoms with Gasteiger partial charge in [-0.25, -0.2) is 14.0 Å². The summed E-state index contributed by atoms with van der Waals surface area (Å²) in [4.78, 5) is 37.3. The van der Waals surface area contributed by atoms with Gasteiger partial charge in [0.1, 0.15) is 22.8 Å². The molecular weight excluding hydrogens is 367 g/mol. The van der Waals surface area contributed by atoms with Gasteiger partial charge in [-0.15, -0.1) is 0 Å². The molecule has 8 heteroatoms. The number of nitrogens with two attached hydrogens (primary N) is 1. The Morgan fingerprint density at radius 3 is 2.00 bits per heavy atom. The number of anilines is 1. The molecule has 0 unspecified atom stereocenters. The minimum atomic E-state index is -1.58. The van der Waals surface area contributed by atoms with Crippen molar-refractivity contribution in [2.24, 2.45) is 0 Å². The van der Waals surface area contributed by atoms with Crippen molar-refractivity contribution in [1.82, 2.24) is 4.98 Å². The topological polar surface area (TPSA) is 133 Å². The number of benzene rings is 2. The largest absolute Gasteiger partial charge is 0.478 e. The number of halogens is 1. The number of aryl methyl sites for hydroxylation is 1. The first kappa shape index (κ1) is 18.8. The predicted octanol–water partition coefficient (Wildman–Crippen LogP) is 3.14. The molecule has 7 nitrogen and oxygen atoms in total. The van der Waals surface area contributed by atoms with Gasteiger partial charge in [0.05, 0.1) is 0 Å². The summed E-state index contributed by atoms with van der Waals surface area (Å²) in [5, 5.41) is 18.9. The maximum Gasteiger partial charge on any atom is 0.342 e. The zero-order valence-electron chi connectivity index (χ0n) is 14.6. The highest BCUT2D eigenvalue weighted by Crippen LogP contribution is 2.31. The lowest BCUT2D eigenvalue weighted by atomic mass is 9.93. The summed E-state index contributed by atoms with van der Waals surface area (Å²) in [6.45, 7) is 1.64. The van der Waals surface area contributed by atoms with Gasteiger partial charge in [0.15, 0.2) is 0 Å². The summed E-state index contributed by atoms with van der Waals surface area (Å²) in [7, 11) is 0. The number of nitrogen functional groups attached to an aromatic ring is 1. The van der Waals surface area contributed by atoms with Crippen LogP contribution >= 0.6 is 0 Å². The molecule has 0 aliphatic rings. The molecule has 0 amide bonds. The van der Waals surface area contributed by atoms with E-state index in [0.29, 0.717) is 16.7 Å². The Kier molecular flexibility index (Phi) is 4.70. The van der Waals surface area contributed by atoms with Gasteiger partial charge in [0, 0.05) is 5.56 Å². The van der Waals surface area contributed by atoms with Crippen LogP contribution in [0.15, 0.2) is 47.3 Å². The zero-order chi connectivity index (χ0) is 20.6. The van der Waals surface area contributed by atoms with E-state index < -0.39 is 34.4 Å². The molecule has 0 fully saturated rings. The molecule has 0 aliphatic carbocycles. The molecule has 0 saturated carbocycles. The maximum absolute atomic E-state index is 13.8. The van der Waals surface area contributed by atoms with Crippen LogP contribution in [0, 0.1) is 12.7 Å². The van der Waals surface area contributed by atoms with E-state index >= 15 is 0 Å². The van der Waals surface area contributed by atoms with Gasteiger partial charge < -0.3 is 20.9 Å². The molecule has 1 heterocycles. The van der Waals surface area contributed by atoms with Crippen molar-refractivity contribution < 1.29 is 24.2 Å². The van der Waals surface area contributed by atoms with E-state index in [0.717, 1.165) is 0 Å². The normalized spacial score (nSPS) is 10.6. The number of rotatable bonds is 4. The van der Waals surface area contributed by atoms with Crippen LogP contribution in [0.25, 0.3) is 22.3 Å². The van der Waals surface area contributed by atoms with E-state index in [1.54, 1.807) is 31.2 Å². The third-order valence-corrected chi connectivity index (χ3v) is 4.35. The van der Waals surface area contributed by atoms with Gasteiger partial charge in [-0.05, 0) is 35.2 Å². The average Bonchev–Trinajstić information content (AvgIpc) is 2.62. The minimum Gasteiger partial charge on any atom is -0.478 e. The van der Waals surface area contributed by atoms with Crippen molar-refractivity contribution in [2.45, 2.75) is 6.92 Å². The van der Waals surface area contributed by atoms with Gasteiger partial charge in [0.2, 0.25) is 0 Å². The van der Waals surface area contributed by atoms with Crippen LogP contribution in [0.4, 0.5) is 10.2 Å². The predicted molar refractivity (Wildman–Crippen MR) is 101 cm³/mol. The number of H-pyrrole nitrogens is 1. The maximum atomic E-state index is 13.8. The van der Waals surface area contributed by atoms with Crippen molar-refractivity contribution in [1.29, 1.82) is 0 Å². The molecule has 2 aromatic carbocycles. The molecule has 0 atom stereocenters. The highest BCUT2D eigenvalue weighted by Gasteiger charge is 2.26. The number of carbonyl (C=O) groups is 2. The van der Waals surface area contributed by atoms with Crippen molar-refractivity contribution in [3.8, 4) is 22.3 Å². The number of hydrogen-bond donors (Lipinski definition) is 4. The molecule has 28 heavy (non-hydrogen) atoms. The number of carboxylic acids is 2. The van der Waals surface area contributed by atoms with Crippen LogP contribution in [0.2, 0.25) is 0 Å². The Balaban J connectivity index is 2.21. The van der Waals surface area contributed by atoms with Gasteiger partial charge in [-0.2, -0.15) is 0 Å². The van der Waals surface area contributed by atoms with Crippen molar-refractivity contribution in [3.63, 3.8) is 0 Å². The Labute approximate surface area is 157 Å².